The Hall–Kier alpha value is -0.0900. The lowest BCUT2D eigenvalue weighted by Gasteiger charge is -2.58. The lowest BCUT2D eigenvalue weighted by atomic mass is 9.52. The molecule has 0 spiro atoms. The van der Waals surface area contributed by atoms with Crippen LogP contribution in [0.5, 0.6) is 0 Å². The molecule has 1 heterocycles. The van der Waals surface area contributed by atoms with E-state index in [0.29, 0.717) is 5.41 Å². The van der Waals surface area contributed by atoms with Gasteiger partial charge in [0.05, 0.1) is 0 Å². The van der Waals surface area contributed by atoms with Gasteiger partial charge in [-0.1, -0.05) is 18.9 Å². The van der Waals surface area contributed by atoms with E-state index in [0.717, 1.165) is 12.0 Å². The third-order valence-corrected chi connectivity index (χ3v) is 7.55. The third-order valence-electron chi connectivity index (χ3n) is 6.39. The van der Waals surface area contributed by atoms with Crippen molar-refractivity contribution in [3.63, 3.8) is 0 Å². The molecule has 0 amide bonds. The van der Waals surface area contributed by atoms with Crippen molar-refractivity contribution in [2.45, 2.75) is 56.9 Å². The monoisotopic (exact) mass is 381 g/mol. The first-order valence-electron chi connectivity index (χ1n) is 8.11. The van der Waals surface area contributed by atoms with Crippen LogP contribution in [-0.4, -0.2) is 24.5 Å². The first kappa shape index (κ1) is 13.6. The van der Waals surface area contributed by atoms with E-state index in [4.69, 9.17) is 0 Å². The minimum atomic E-state index is 0.526. The standard InChI is InChI=1S/C18H24IN/c1-12-9-15-13(10-16(12)19)11-17-14-5-3-4-6-18(14,15)7-8-20(17)2/h9-10,14,17H,3-8,11H2,1-2H3/t14-,17-,18-/m1/s1. The molecule has 2 heteroatoms. The van der Waals surface area contributed by atoms with E-state index in [1.54, 1.807) is 11.1 Å². The van der Waals surface area contributed by atoms with Crippen molar-refractivity contribution < 1.29 is 0 Å². The van der Waals surface area contributed by atoms with Gasteiger partial charge in [-0.25, -0.2) is 0 Å². The van der Waals surface area contributed by atoms with Gasteiger partial charge in [0.25, 0.3) is 0 Å². The fourth-order valence-corrected chi connectivity index (χ4v) is 5.87. The molecule has 1 nitrogen and oxygen atoms in total. The van der Waals surface area contributed by atoms with Crippen molar-refractivity contribution in [1.82, 2.24) is 4.90 Å². The Bertz CT molecular complexity index is 553. The number of aryl methyl sites for hydroxylation is 1. The van der Waals surface area contributed by atoms with Crippen molar-refractivity contribution in [2.24, 2.45) is 5.92 Å². The highest BCUT2D eigenvalue weighted by molar-refractivity contribution is 14.1. The van der Waals surface area contributed by atoms with E-state index < -0.39 is 0 Å². The Morgan fingerprint density at radius 2 is 2.10 bits per heavy atom. The van der Waals surface area contributed by atoms with E-state index >= 15 is 0 Å². The summed E-state index contributed by atoms with van der Waals surface area (Å²) in [5.74, 6) is 0.918. The highest BCUT2D eigenvalue weighted by Crippen LogP contribution is 2.55. The van der Waals surface area contributed by atoms with Crippen LogP contribution in [0.2, 0.25) is 0 Å². The van der Waals surface area contributed by atoms with Gasteiger partial charge in [-0.15, -0.1) is 0 Å². The molecule has 0 aromatic heterocycles. The zero-order valence-corrected chi connectivity index (χ0v) is 14.7. The molecule has 1 aromatic carbocycles. The molecule has 4 rings (SSSR count). The number of likely N-dealkylation sites (tertiary alicyclic amines) is 1. The van der Waals surface area contributed by atoms with Crippen molar-refractivity contribution >= 4 is 22.6 Å². The van der Waals surface area contributed by atoms with Crippen LogP contribution in [0.1, 0.15) is 48.8 Å². The maximum Gasteiger partial charge on any atom is 0.0169 e. The first-order valence-corrected chi connectivity index (χ1v) is 9.19. The molecule has 0 unspecified atom stereocenters. The predicted octanol–water partition coefficient (Wildman–Crippen LogP) is 4.29. The molecule has 2 bridgehead atoms. The number of nitrogens with zero attached hydrogens (tertiary/aromatic N) is 1. The van der Waals surface area contributed by atoms with E-state index in [2.05, 4.69) is 53.6 Å². The minimum absolute atomic E-state index is 0.526. The van der Waals surface area contributed by atoms with Gasteiger partial charge in [-0.3, -0.25) is 0 Å². The topological polar surface area (TPSA) is 3.24 Å². The lowest BCUT2D eigenvalue weighted by molar-refractivity contribution is 0.00280. The van der Waals surface area contributed by atoms with E-state index in [9.17, 15) is 0 Å². The normalized spacial score (nSPS) is 36.4. The van der Waals surface area contributed by atoms with Gasteiger partial charge in [-0.05, 0) is 97.5 Å². The third kappa shape index (κ3) is 1.76. The minimum Gasteiger partial charge on any atom is -0.303 e. The summed E-state index contributed by atoms with van der Waals surface area (Å²) in [5.41, 5.74) is 5.41. The predicted molar refractivity (Wildman–Crippen MR) is 92.3 cm³/mol. The molecule has 1 aromatic rings. The van der Waals surface area contributed by atoms with Gasteiger partial charge in [0.1, 0.15) is 0 Å². The van der Waals surface area contributed by atoms with E-state index in [1.807, 2.05) is 0 Å². The smallest absolute Gasteiger partial charge is 0.0169 e. The van der Waals surface area contributed by atoms with Crippen LogP contribution in [-0.2, 0) is 11.8 Å². The van der Waals surface area contributed by atoms with Crippen LogP contribution in [0, 0.1) is 16.4 Å². The fourth-order valence-electron chi connectivity index (χ4n) is 5.33. The Balaban J connectivity index is 1.92. The summed E-state index contributed by atoms with van der Waals surface area (Å²) in [6.45, 7) is 3.59. The van der Waals surface area contributed by atoms with Crippen molar-refractivity contribution in [1.29, 1.82) is 0 Å². The van der Waals surface area contributed by atoms with Crippen LogP contribution in [0.15, 0.2) is 12.1 Å². The summed E-state index contributed by atoms with van der Waals surface area (Å²) in [6.07, 6.45) is 8.47. The van der Waals surface area contributed by atoms with Crippen molar-refractivity contribution in [3.8, 4) is 0 Å². The Kier molecular flexibility index (Phi) is 3.19. The molecule has 3 aliphatic rings. The summed E-state index contributed by atoms with van der Waals surface area (Å²) in [6, 6.07) is 5.84. The summed E-state index contributed by atoms with van der Waals surface area (Å²) >= 11 is 2.51. The molecule has 1 saturated carbocycles. The first-order chi connectivity index (χ1) is 9.62. The second-order valence-corrected chi connectivity index (χ2v) is 8.43. The number of likely N-dealkylation sites (N-methyl/N-ethyl adjacent to an activating group) is 1. The van der Waals surface area contributed by atoms with Crippen LogP contribution < -0.4 is 0 Å². The molecule has 108 valence electrons. The summed E-state index contributed by atoms with van der Waals surface area (Å²) < 4.78 is 1.45. The molecular formula is C18H24IN. The van der Waals surface area contributed by atoms with Gasteiger partial charge in [0.2, 0.25) is 0 Å². The van der Waals surface area contributed by atoms with Crippen LogP contribution in [0.3, 0.4) is 0 Å². The number of halogens is 1. The number of benzene rings is 1. The van der Waals surface area contributed by atoms with Crippen LogP contribution in [0.25, 0.3) is 0 Å². The lowest BCUT2D eigenvalue weighted by Crippen LogP contribution is -2.59. The van der Waals surface area contributed by atoms with Gasteiger partial charge < -0.3 is 4.90 Å². The molecule has 1 saturated heterocycles. The highest BCUT2D eigenvalue weighted by Gasteiger charge is 2.52. The van der Waals surface area contributed by atoms with Gasteiger partial charge in [0.15, 0.2) is 0 Å². The molecule has 3 atom stereocenters. The molecular weight excluding hydrogens is 357 g/mol. The second kappa shape index (κ2) is 4.70. The molecule has 20 heavy (non-hydrogen) atoms. The highest BCUT2D eigenvalue weighted by atomic mass is 127. The van der Waals surface area contributed by atoms with Gasteiger partial charge in [0, 0.05) is 15.0 Å². The Morgan fingerprint density at radius 3 is 2.95 bits per heavy atom. The molecule has 2 aliphatic carbocycles. The average molecular weight is 381 g/mol. The second-order valence-electron chi connectivity index (χ2n) is 7.27. The molecule has 1 aliphatic heterocycles. The number of rotatable bonds is 0. The van der Waals surface area contributed by atoms with E-state index in [-0.39, 0.29) is 0 Å². The summed E-state index contributed by atoms with van der Waals surface area (Å²) in [4.78, 5) is 2.66. The number of hydrogen-bond donors (Lipinski definition) is 0. The number of fused-ring (bicyclic) bond motifs is 1. The largest absolute Gasteiger partial charge is 0.303 e. The number of piperidine rings is 1. The quantitative estimate of drug-likeness (QED) is 0.606. The average Bonchev–Trinajstić information content (AvgIpc) is 2.45. The fraction of sp³-hybridized carbons (Fsp3) is 0.667. The number of hydrogen-bond acceptors (Lipinski definition) is 1. The van der Waals surface area contributed by atoms with Gasteiger partial charge >= 0.3 is 0 Å². The van der Waals surface area contributed by atoms with Crippen molar-refractivity contribution in [2.75, 3.05) is 13.6 Å². The molecule has 0 N–H and O–H groups in total. The zero-order valence-electron chi connectivity index (χ0n) is 12.6. The van der Waals surface area contributed by atoms with Gasteiger partial charge in [-0.2, -0.15) is 0 Å². The maximum atomic E-state index is 2.66. The zero-order chi connectivity index (χ0) is 13.9. The van der Waals surface area contributed by atoms with Crippen LogP contribution >= 0.6 is 22.6 Å². The molecule has 2 fully saturated rings. The maximum absolute atomic E-state index is 2.66. The van der Waals surface area contributed by atoms with Crippen molar-refractivity contribution in [3.05, 3.63) is 32.4 Å². The van der Waals surface area contributed by atoms with Crippen LogP contribution in [0.4, 0.5) is 0 Å². The Morgan fingerprint density at radius 1 is 1.25 bits per heavy atom. The molecule has 0 radical (unpaired) electrons. The van der Waals surface area contributed by atoms with E-state index in [1.165, 1.54) is 54.2 Å². The summed E-state index contributed by atoms with van der Waals surface area (Å²) in [5, 5.41) is 0. The Labute approximate surface area is 136 Å². The summed E-state index contributed by atoms with van der Waals surface area (Å²) in [7, 11) is 2.35. The SMILES string of the molecule is Cc1cc2c(cc1I)C[C@@H]1[C@H]3CCCC[C@]23CCN1C.